The zero-order valence-corrected chi connectivity index (χ0v) is 20.0. The molecule has 2 aromatic carbocycles. The van der Waals surface area contributed by atoms with Crippen LogP contribution in [0.5, 0.6) is 5.75 Å². The number of aromatic nitrogens is 4. The number of anilines is 1. The molecule has 0 atom stereocenters. The van der Waals surface area contributed by atoms with E-state index in [-0.39, 0.29) is 5.91 Å². The molecule has 5 rings (SSSR count). The smallest absolute Gasteiger partial charge is 0.267 e. The molecule has 170 valence electrons. The van der Waals surface area contributed by atoms with Gasteiger partial charge in [0.25, 0.3) is 5.91 Å². The van der Waals surface area contributed by atoms with Crippen molar-refractivity contribution >= 4 is 33.7 Å². The number of carbonyl (C=O) groups is 1. The van der Waals surface area contributed by atoms with Gasteiger partial charge in [0.1, 0.15) is 11.4 Å². The summed E-state index contributed by atoms with van der Waals surface area (Å²) in [6.07, 6.45) is 2.87. The molecule has 0 aliphatic rings. The summed E-state index contributed by atoms with van der Waals surface area (Å²) in [5.41, 5.74) is 3.44. The molecule has 0 bridgehead atoms. The summed E-state index contributed by atoms with van der Waals surface area (Å²) in [7, 11) is 0. The zero-order valence-electron chi connectivity index (χ0n) is 18.3. The minimum absolute atomic E-state index is 0.196. The molecule has 0 saturated heterocycles. The molecule has 9 heteroatoms. The second-order valence-corrected chi connectivity index (χ2v) is 9.32. The fraction of sp³-hybridized carbons (Fsp3) is 0.120. The Morgan fingerprint density at radius 1 is 1.06 bits per heavy atom. The van der Waals surface area contributed by atoms with Gasteiger partial charge in [-0.15, -0.1) is 21.5 Å². The lowest BCUT2D eigenvalue weighted by Crippen LogP contribution is -2.09. The van der Waals surface area contributed by atoms with Gasteiger partial charge in [-0.25, -0.2) is 4.68 Å². The van der Waals surface area contributed by atoms with Crippen LogP contribution in [0.4, 0.5) is 5.13 Å². The molecule has 3 aromatic heterocycles. The Kier molecular flexibility index (Phi) is 6.46. The Bertz CT molecular complexity index is 1390. The van der Waals surface area contributed by atoms with E-state index < -0.39 is 0 Å². The molecule has 1 N–H and O–H groups in total. The van der Waals surface area contributed by atoms with Crippen molar-refractivity contribution in [2.75, 3.05) is 11.9 Å². The third kappa shape index (κ3) is 4.75. The zero-order chi connectivity index (χ0) is 23.3. The predicted octanol–water partition coefficient (Wildman–Crippen LogP) is 6.16. The number of hydrogen-bond acceptors (Lipinski definition) is 7. The summed E-state index contributed by atoms with van der Waals surface area (Å²) in [6.45, 7) is 2.73. The molecule has 7 nitrogen and oxygen atoms in total. The van der Waals surface area contributed by atoms with Crippen LogP contribution in [0.1, 0.15) is 23.0 Å². The Morgan fingerprint density at radius 3 is 2.74 bits per heavy atom. The summed E-state index contributed by atoms with van der Waals surface area (Å²) >= 11 is 2.69. The van der Waals surface area contributed by atoms with Gasteiger partial charge in [0.15, 0.2) is 5.01 Å². The number of rotatable bonds is 8. The third-order valence-corrected chi connectivity index (χ3v) is 6.68. The Hall–Kier alpha value is -3.82. The van der Waals surface area contributed by atoms with E-state index >= 15 is 0 Å². The molecule has 0 spiro atoms. The van der Waals surface area contributed by atoms with Gasteiger partial charge in [-0.05, 0) is 42.1 Å². The Balaban J connectivity index is 1.52. The summed E-state index contributed by atoms with van der Waals surface area (Å²) in [5, 5.41) is 19.2. The number of carbonyl (C=O) groups excluding carboxylic acids is 1. The highest BCUT2D eigenvalue weighted by Gasteiger charge is 2.19. The number of nitrogens with zero attached hydrogens (tertiary/aromatic N) is 4. The highest BCUT2D eigenvalue weighted by atomic mass is 32.1. The third-order valence-electron chi connectivity index (χ3n) is 4.94. The van der Waals surface area contributed by atoms with Gasteiger partial charge in [0.05, 0.1) is 22.7 Å². The number of nitrogens with one attached hydrogen (secondary N) is 1. The molecule has 0 aliphatic carbocycles. The summed E-state index contributed by atoms with van der Waals surface area (Å²) in [5.74, 6) is 0.597. The maximum absolute atomic E-state index is 12.4. The van der Waals surface area contributed by atoms with E-state index in [1.165, 1.54) is 22.7 Å². The molecule has 3 heterocycles. The molecule has 34 heavy (non-hydrogen) atoms. The van der Waals surface area contributed by atoms with Crippen molar-refractivity contribution in [3.05, 3.63) is 83.2 Å². The van der Waals surface area contributed by atoms with Crippen LogP contribution in [-0.2, 0) is 0 Å². The van der Waals surface area contributed by atoms with Gasteiger partial charge in [-0.2, -0.15) is 5.10 Å². The van der Waals surface area contributed by atoms with Crippen molar-refractivity contribution < 1.29 is 9.53 Å². The summed E-state index contributed by atoms with van der Waals surface area (Å²) in [4.78, 5) is 13.1. The van der Waals surface area contributed by atoms with Crippen molar-refractivity contribution in [2.24, 2.45) is 0 Å². The van der Waals surface area contributed by atoms with E-state index in [2.05, 4.69) is 22.4 Å². The van der Waals surface area contributed by atoms with Crippen molar-refractivity contribution in [3.63, 3.8) is 0 Å². The number of para-hydroxylation sites is 1. The molecule has 1 amide bonds. The van der Waals surface area contributed by atoms with E-state index in [1.807, 2.05) is 76.9 Å². The number of thiophene rings is 1. The van der Waals surface area contributed by atoms with E-state index in [0.717, 1.165) is 34.7 Å². The summed E-state index contributed by atoms with van der Waals surface area (Å²) in [6, 6.07) is 21.4. The lowest BCUT2D eigenvalue weighted by molar-refractivity contribution is 0.103. The van der Waals surface area contributed by atoms with Crippen molar-refractivity contribution in [1.29, 1.82) is 0 Å². The highest BCUT2D eigenvalue weighted by Crippen LogP contribution is 2.36. The fourth-order valence-electron chi connectivity index (χ4n) is 3.36. The average molecular weight is 488 g/mol. The van der Waals surface area contributed by atoms with Crippen molar-refractivity contribution in [3.8, 4) is 33.3 Å². The predicted molar refractivity (Wildman–Crippen MR) is 136 cm³/mol. The second-order valence-electron chi connectivity index (χ2n) is 7.39. The molecule has 0 saturated carbocycles. The van der Waals surface area contributed by atoms with Crippen LogP contribution >= 0.6 is 22.7 Å². The van der Waals surface area contributed by atoms with Gasteiger partial charge in [0, 0.05) is 11.8 Å². The van der Waals surface area contributed by atoms with Crippen LogP contribution in [0.3, 0.4) is 0 Å². The number of benzene rings is 2. The minimum atomic E-state index is -0.196. The monoisotopic (exact) mass is 487 g/mol. The maximum Gasteiger partial charge on any atom is 0.267 e. The Labute approximate surface area is 204 Å². The van der Waals surface area contributed by atoms with Gasteiger partial charge in [-0.1, -0.05) is 54.7 Å². The van der Waals surface area contributed by atoms with Gasteiger partial charge < -0.3 is 4.74 Å². The lowest BCUT2D eigenvalue weighted by Gasteiger charge is -2.06. The number of ether oxygens (including phenoxy) is 1. The van der Waals surface area contributed by atoms with Gasteiger partial charge >= 0.3 is 0 Å². The molecule has 0 fully saturated rings. The van der Waals surface area contributed by atoms with E-state index in [9.17, 15) is 4.79 Å². The van der Waals surface area contributed by atoms with Crippen LogP contribution < -0.4 is 10.1 Å². The van der Waals surface area contributed by atoms with Gasteiger partial charge in [-0.3, -0.25) is 10.1 Å². The van der Waals surface area contributed by atoms with Crippen LogP contribution in [0, 0.1) is 0 Å². The van der Waals surface area contributed by atoms with Crippen molar-refractivity contribution in [2.45, 2.75) is 13.3 Å². The van der Waals surface area contributed by atoms with Gasteiger partial charge in [0.2, 0.25) is 5.13 Å². The first kappa shape index (κ1) is 22.0. The number of amides is 1. The quantitative estimate of drug-likeness (QED) is 0.283. The van der Waals surface area contributed by atoms with Crippen LogP contribution in [0.15, 0.2) is 78.3 Å². The maximum atomic E-state index is 12.4. The second kappa shape index (κ2) is 9.98. The minimum Gasteiger partial charge on any atom is -0.494 e. The highest BCUT2D eigenvalue weighted by molar-refractivity contribution is 7.18. The van der Waals surface area contributed by atoms with Crippen LogP contribution in [-0.4, -0.2) is 32.5 Å². The standard InChI is InChI=1S/C25H21N5O2S2/c1-2-13-32-19-11-6-8-17(15-19)22-20(16-30(29-22)18-9-4-3-5-10-18)24-27-28-25(34-24)26-23(31)21-12-7-14-33-21/h3-12,14-16H,2,13H2,1H3,(H,26,28,31). The first-order valence-electron chi connectivity index (χ1n) is 10.8. The largest absolute Gasteiger partial charge is 0.494 e. The number of hydrogen-bond donors (Lipinski definition) is 1. The van der Waals surface area contributed by atoms with E-state index in [4.69, 9.17) is 9.84 Å². The topological polar surface area (TPSA) is 81.9 Å². The SMILES string of the molecule is CCCOc1cccc(-c2nn(-c3ccccc3)cc2-c2nnc(NC(=O)c3cccs3)s2)c1. The molecule has 0 unspecified atom stereocenters. The normalized spacial score (nSPS) is 10.9. The lowest BCUT2D eigenvalue weighted by atomic mass is 10.1. The van der Waals surface area contributed by atoms with Crippen molar-refractivity contribution in [1.82, 2.24) is 20.0 Å². The summed E-state index contributed by atoms with van der Waals surface area (Å²) < 4.78 is 7.66. The average Bonchev–Trinajstić information content (AvgIpc) is 3.64. The first-order chi connectivity index (χ1) is 16.7. The van der Waals surface area contributed by atoms with Crippen LogP contribution in [0.2, 0.25) is 0 Å². The molecule has 0 radical (unpaired) electrons. The fourth-order valence-corrected chi connectivity index (χ4v) is 4.73. The molecular formula is C25H21N5O2S2. The molecule has 5 aromatic rings. The van der Waals surface area contributed by atoms with Crippen LogP contribution in [0.25, 0.3) is 27.5 Å². The van der Waals surface area contributed by atoms with E-state index in [0.29, 0.717) is 21.6 Å². The van der Waals surface area contributed by atoms with E-state index in [1.54, 1.807) is 6.07 Å². The molecule has 0 aliphatic heterocycles. The Morgan fingerprint density at radius 2 is 1.94 bits per heavy atom. The first-order valence-corrected chi connectivity index (χ1v) is 12.5. The molecular weight excluding hydrogens is 466 g/mol.